The Balaban J connectivity index is 4.36. The third-order valence-electron chi connectivity index (χ3n) is 11.2. The van der Waals surface area contributed by atoms with Crippen molar-refractivity contribution in [2.45, 2.75) is 277 Å². The van der Waals surface area contributed by atoms with Crippen molar-refractivity contribution >= 4 is 17.9 Å². The summed E-state index contributed by atoms with van der Waals surface area (Å²) in [7, 11) is 0. The molecule has 0 aromatic heterocycles. The summed E-state index contributed by atoms with van der Waals surface area (Å²) >= 11 is 0. The van der Waals surface area contributed by atoms with E-state index in [1.165, 1.54) is 161 Å². The second-order valence-electron chi connectivity index (χ2n) is 17.1. The monoisotopic (exact) mass is 817 g/mol. The number of carbonyl (C=O) groups is 3. The highest BCUT2D eigenvalue weighted by Gasteiger charge is 2.19. The van der Waals surface area contributed by atoms with Gasteiger partial charge in [0.1, 0.15) is 13.2 Å². The van der Waals surface area contributed by atoms with Gasteiger partial charge in [-0.2, -0.15) is 0 Å². The summed E-state index contributed by atoms with van der Waals surface area (Å²) in [6.45, 7) is 6.61. The molecule has 0 unspecified atom stereocenters. The molecule has 0 aromatic rings. The lowest BCUT2D eigenvalue weighted by Gasteiger charge is -2.18. The molecule has 0 bridgehead atoms. The normalized spacial score (nSPS) is 12.1. The fourth-order valence-corrected chi connectivity index (χ4v) is 7.31. The Kier molecular flexibility index (Phi) is 45.8. The van der Waals surface area contributed by atoms with Crippen molar-refractivity contribution in [2.24, 2.45) is 0 Å². The van der Waals surface area contributed by atoms with Crippen LogP contribution in [0.5, 0.6) is 0 Å². The average molecular weight is 817 g/mol. The molecule has 0 aliphatic heterocycles. The Morgan fingerprint density at radius 2 is 0.569 bits per heavy atom. The van der Waals surface area contributed by atoms with Crippen LogP contribution in [0.15, 0.2) is 24.3 Å². The van der Waals surface area contributed by atoms with E-state index in [0.29, 0.717) is 19.3 Å². The van der Waals surface area contributed by atoms with Crippen LogP contribution in [0.1, 0.15) is 271 Å². The van der Waals surface area contributed by atoms with E-state index in [2.05, 4.69) is 45.1 Å². The number of allylic oxidation sites excluding steroid dienone is 4. The first-order chi connectivity index (χ1) is 28.5. The minimum atomic E-state index is -0.773. The maximum absolute atomic E-state index is 12.8. The number of ether oxygens (including phenoxy) is 3. The molecule has 0 saturated carbocycles. The molecule has 340 valence electrons. The molecule has 0 aliphatic rings. The van der Waals surface area contributed by atoms with Crippen molar-refractivity contribution in [1.29, 1.82) is 0 Å². The van der Waals surface area contributed by atoms with E-state index in [0.717, 1.165) is 70.6 Å². The predicted molar refractivity (Wildman–Crippen MR) is 247 cm³/mol. The molecule has 0 heterocycles. The Bertz CT molecular complexity index is 942. The van der Waals surface area contributed by atoms with Gasteiger partial charge in [0.15, 0.2) is 6.10 Å². The van der Waals surface area contributed by atoms with E-state index >= 15 is 0 Å². The Morgan fingerprint density at radius 3 is 0.879 bits per heavy atom. The van der Waals surface area contributed by atoms with E-state index in [1.54, 1.807) is 0 Å². The van der Waals surface area contributed by atoms with Crippen molar-refractivity contribution in [3.8, 4) is 0 Å². The van der Waals surface area contributed by atoms with E-state index in [4.69, 9.17) is 14.2 Å². The summed E-state index contributed by atoms with van der Waals surface area (Å²) in [5.74, 6) is -0.881. The first-order valence-corrected chi connectivity index (χ1v) is 25.3. The van der Waals surface area contributed by atoms with Gasteiger partial charge in [-0.25, -0.2) is 0 Å². The van der Waals surface area contributed by atoms with Crippen LogP contribution in [0.4, 0.5) is 0 Å². The number of esters is 3. The lowest BCUT2D eigenvalue weighted by atomic mass is 10.0. The maximum atomic E-state index is 12.8. The van der Waals surface area contributed by atoms with Crippen LogP contribution < -0.4 is 0 Å². The molecular formula is C52H96O6. The molecule has 6 heteroatoms. The van der Waals surface area contributed by atoms with Crippen molar-refractivity contribution in [1.82, 2.24) is 0 Å². The van der Waals surface area contributed by atoms with Gasteiger partial charge in [-0.1, -0.05) is 206 Å². The molecule has 0 rings (SSSR count). The molecule has 0 N–H and O–H groups in total. The molecule has 0 amide bonds. The smallest absolute Gasteiger partial charge is 0.306 e. The SMILES string of the molecule is CCCCCC/C=C/CCCCCCCC(=O)OC[C@H](COC(=O)CCCCCCCCCCCCCCCC)OC(=O)CCCCCCC/C=C/CCCCCC. The van der Waals surface area contributed by atoms with E-state index in [-0.39, 0.29) is 31.1 Å². The predicted octanol–water partition coefficient (Wildman–Crippen LogP) is 16.4. The maximum Gasteiger partial charge on any atom is 0.306 e. The summed E-state index contributed by atoms with van der Waals surface area (Å²) in [6.07, 6.45) is 53.0. The number of hydrogen-bond acceptors (Lipinski definition) is 6. The summed E-state index contributed by atoms with van der Waals surface area (Å²) in [6, 6.07) is 0. The molecule has 0 aromatic carbocycles. The van der Waals surface area contributed by atoms with Crippen LogP contribution >= 0.6 is 0 Å². The fraction of sp³-hybridized carbons (Fsp3) is 0.865. The minimum absolute atomic E-state index is 0.0736. The van der Waals surface area contributed by atoms with Crippen LogP contribution in [0.3, 0.4) is 0 Å². The summed E-state index contributed by atoms with van der Waals surface area (Å²) < 4.78 is 16.8. The van der Waals surface area contributed by atoms with Gasteiger partial charge in [-0.3, -0.25) is 14.4 Å². The van der Waals surface area contributed by atoms with E-state index < -0.39 is 6.10 Å². The molecule has 0 spiro atoms. The number of unbranched alkanes of at least 4 members (excludes halogenated alkanes) is 31. The van der Waals surface area contributed by atoms with Gasteiger partial charge < -0.3 is 14.2 Å². The Hall–Kier alpha value is -2.11. The molecular weight excluding hydrogens is 721 g/mol. The van der Waals surface area contributed by atoms with Gasteiger partial charge in [0, 0.05) is 19.3 Å². The van der Waals surface area contributed by atoms with E-state index in [1.807, 2.05) is 0 Å². The van der Waals surface area contributed by atoms with Crippen molar-refractivity contribution in [3.63, 3.8) is 0 Å². The third kappa shape index (κ3) is 45.0. The lowest BCUT2D eigenvalue weighted by molar-refractivity contribution is -0.167. The number of rotatable bonds is 46. The zero-order valence-electron chi connectivity index (χ0n) is 38.8. The zero-order chi connectivity index (χ0) is 42.3. The van der Waals surface area contributed by atoms with Crippen molar-refractivity contribution in [3.05, 3.63) is 24.3 Å². The van der Waals surface area contributed by atoms with Gasteiger partial charge in [0.25, 0.3) is 0 Å². The topological polar surface area (TPSA) is 78.9 Å². The lowest BCUT2D eigenvalue weighted by Crippen LogP contribution is -2.30. The van der Waals surface area contributed by atoms with Crippen LogP contribution in [0.25, 0.3) is 0 Å². The first-order valence-electron chi connectivity index (χ1n) is 25.3. The van der Waals surface area contributed by atoms with Gasteiger partial charge in [-0.15, -0.1) is 0 Å². The standard InChI is InChI=1S/C52H96O6/c1-4-7-10-13-16-19-22-25-28-30-33-36-39-42-45-51(54)57-48-49(58-52(55)46-43-40-37-34-31-27-24-21-18-15-12-9-6-3)47-56-50(53)44-41-38-35-32-29-26-23-20-17-14-11-8-5-2/h20-21,23-24,49H,4-19,22,25-48H2,1-3H3/b23-20+,24-21+/t49-/m1/s1. The molecule has 6 nitrogen and oxygen atoms in total. The zero-order valence-corrected chi connectivity index (χ0v) is 38.8. The molecule has 0 radical (unpaired) electrons. The second-order valence-corrected chi connectivity index (χ2v) is 17.1. The fourth-order valence-electron chi connectivity index (χ4n) is 7.31. The number of carbonyl (C=O) groups excluding carboxylic acids is 3. The van der Waals surface area contributed by atoms with Crippen LogP contribution in [-0.2, 0) is 28.6 Å². The van der Waals surface area contributed by atoms with Crippen molar-refractivity contribution in [2.75, 3.05) is 13.2 Å². The van der Waals surface area contributed by atoms with Crippen LogP contribution in [-0.4, -0.2) is 37.2 Å². The Labute approximate surface area is 360 Å². The second kappa shape index (κ2) is 47.6. The van der Waals surface area contributed by atoms with Gasteiger partial charge in [0.05, 0.1) is 0 Å². The Morgan fingerprint density at radius 1 is 0.328 bits per heavy atom. The van der Waals surface area contributed by atoms with Gasteiger partial charge >= 0.3 is 17.9 Å². The highest BCUT2D eigenvalue weighted by atomic mass is 16.6. The highest BCUT2D eigenvalue weighted by Crippen LogP contribution is 2.15. The quantitative estimate of drug-likeness (QED) is 0.0263. The van der Waals surface area contributed by atoms with Gasteiger partial charge in [-0.05, 0) is 70.6 Å². The van der Waals surface area contributed by atoms with Crippen LogP contribution in [0, 0.1) is 0 Å². The average Bonchev–Trinajstić information content (AvgIpc) is 3.22. The molecule has 0 fully saturated rings. The molecule has 0 aliphatic carbocycles. The van der Waals surface area contributed by atoms with E-state index in [9.17, 15) is 14.4 Å². The van der Waals surface area contributed by atoms with Crippen LogP contribution in [0.2, 0.25) is 0 Å². The summed E-state index contributed by atoms with van der Waals surface area (Å²) in [5.41, 5.74) is 0. The molecule has 1 atom stereocenters. The summed E-state index contributed by atoms with van der Waals surface area (Å²) in [5, 5.41) is 0. The number of hydrogen-bond donors (Lipinski definition) is 0. The van der Waals surface area contributed by atoms with Gasteiger partial charge in [0.2, 0.25) is 0 Å². The van der Waals surface area contributed by atoms with Crippen molar-refractivity contribution < 1.29 is 28.6 Å². The largest absolute Gasteiger partial charge is 0.462 e. The minimum Gasteiger partial charge on any atom is -0.462 e. The third-order valence-corrected chi connectivity index (χ3v) is 11.2. The first kappa shape index (κ1) is 55.9. The molecule has 0 saturated heterocycles. The highest BCUT2D eigenvalue weighted by molar-refractivity contribution is 5.71. The summed E-state index contributed by atoms with van der Waals surface area (Å²) in [4.78, 5) is 37.9. The molecule has 58 heavy (non-hydrogen) atoms.